The predicted octanol–water partition coefficient (Wildman–Crippen LogP) is 1.45. The van der Waals surface area contributed by atoms with Crippen molar-refractivity contribution in [3.63, 3.8) is 0 Å². The van der Waals surface area contributed by atoms with Gasteiger partial charge in [-0.05, 0) is 28.1 Å². The average Bonchev–Trinajstić information content (AvgIpc) is 2.78. The topological polar surface area (TPSA) is 92.3 Å². The Morgan fingerprint density at radius 2 is 1.95 bits per heavy atom. The first-order valence-electron chi connectivity index (χ1n) is 6.58. The summed E-state index contributed by atoms with van der Waals surface area (Å²) >= 11 is 3.31. The molecule has 22 heavy (non-hydrogen) atoms. The van der Waals surface area contributed by atoms with E-state index in [0.717, 1.165) is 9.88 Å². The zero-order valence-electron chi connectivity index (χ0n) is 11.6. The maximum atomic E-state index is 11.8. The van der Waals surface area contributed by atoms with E-state index in [2.05, 4.69) is 26.6 Å². The van der Waals surface area contributed by atoms with Crippen LogP contribution in [0.25, 0.3) is 0 Å². The van der Waals surface area contributed by atoms with E-state index in [-0.39, 0.29) is 36.5 Å². The lowest BCUT2D eigenvalue weighted by Crippen LogP contribution is -2.34. The number of rotatable bonds is 5. The van der Waals surface area contributed by atoms with Crippen LogP contribution in [0.4, 0.5) is 5.69 Å². The van der Waals surface area contributed by atoms with E-state index in [4.69, 9.17) is 0 Å². The molecule has 1 aliphatic rings. The highest BCUT2D eigenvalue weighted by Crippen LogP contribution is 2.21. The molecule has 0 saturated carbocycles. The van der Waals surface area contributed by atoms with E-state index in [0.29, 0.717) is 5.69 Å². The molecule has 0 aromatic heterocycles. The number of allylic oxidation sites excluding steroid dienone is 1. The molecule has 0 spiro atoms. The summed E-state index contributed by atoms with van der Waals surface area (Å²) < 4.78 is 23.2. The molecular weight excluding hydrogens is 372 g/mol. The molecule has 2 rings (SSSR count). The van der Waals surface area contributed by atoms with E-state index in [9.17, 15) is 18.0 Å². The lowest BCUT2D eigenvalue weighted by molar-refractivity contribution is -0.124. The summed E-state index contributed by atoms with van der Waals surface area (Å²) in [6, 6.07) is 7.13. The van der Waals surface area contributed by atoms with E-state index in [1.165, 1.54) is 6.08 Å². The summed E-state index contributed by atoms with van der Waals surface area (Å²) in [6.07, 6.45) is 1.56. The van der Waals surface area contributed by atoms with Gasteiger partial charge in [-0.3, -0.25) is 9.59 Å². The molecule has 0 radical (unpaired) electrons. The van der Waals surface area contributed by atoms with Crippen molar-refractivity contribution in [1.82, 2.24) is 5.32 Å². The van der Waals surface area contributed by atoms with Gasteiger partial charge in [-0.2, -0.15) is 0 Å². The minimum Gasteiger partial charge on any atom is -0.347 e. The maximum Gasteiger partial charge on any atom is 0.243 e. The van der Waals surface area contributed by atoms with Crippen LogP contribution in [0.2, 0.25) is 0 Å². The normalized spacial score (nSPS) is 18.9. The fraction of sp³-hybridized carbons (Fsp3) is 0.286. The maximum absolute atomic E-state index is 11.8. The average molecular weight is 387 g/mol. The molecule has 1 atom stereocenters. The first-order valence-corrected chi connectivity index (χ1v) is 9.08. The number of benzene rings is 1. The summed E-state index contributed by atoms with van der Waals surface area (Å²) in [5.41, 5.74) is 0.617. The Morgan fingerprint density at radius 1 is 1.23 bits per heavy atom. The monoisotopic (exact) mass is 386 g/mol. The van der Waals surface area contributed by atoms with E-state index < -0.39 is 9.84 Å². The van der Waals surface area contributed by atoms with Crippen molar-refractivity contribution in [2.24, 2.45) is 5.92 Å². The molecular formula is C14H15BrN2O4S. The van der Waals surface area contributed by atoms with Gasteiger partial charge in [0.25, 0.3) is 0 Å². The van der Waals surface area contributed by atoms with Crippen molar-refractivity contribution in [2.75, 3.05) is 17.6 Å². The second kappa shape index (κ2) is 7.06. The van der Waals surface area contributed by atoms with Gasteiger partial charge in [-0.15, -0.1) is 0 Å². The van der Waals surface area contributed by atoms with Gasteiger partial charge >= 0.3 is 0 Å². The van der Waals surface area contributed by atoms with E-state index >= 15 is 0 Å². The largest absolute Gasteiger partial charge is 0.347 e. The van der Waals surface area contributed by atoms with Crippen LogP contribution in [0.5, 0.6) is 0 Å². The summed E-state index contributed by atoms with van der Waals surface area (Å²) in [6.45, 7) is -0.163. The molecule has 1 aromatic rings. The third kappa shape index (κ3) is 4.96. The molecule has 0 aliphatic carbocycles. The molecule has 2 N–H and O–H groups in total. The Balaban J connectivity index is 1.76. The van der Waals surface area contributed by atoms with Gasteiger partial charge in [0.05, 0.1) is 18.0 Å². The van der Waals surface area contributed by atoms with Crippen LogP contribution >= 0.6 is 15.9 Å². The molecule has 0 bridgehead atoms. The zero-order valence-corrected chi connectivity index (χ0v) is 14.0. The number of carbonyl (C=O) groups excluding carboxylic acids is 2. The van der Waals surface area contributed by atoms with Crippen LogP contribution in [0.15, 0.2) is 40.2 Å². The van der Waals surface area contributed by atoms with Gasteiger partial charge in [0.2, 0.25) is 11.8 Å². The molecule has 8 heteroatoms. The second-order valence-electron chi connectivity index (χ2n) is 4.93. The summed E-state index contributed by atoms with van der Waals surface area (Å²) in [4.78, 5) is 23.5. The highest BCUT2D eigenvalue weighted by Gasteiger charge is 2.23. The number of amides is 2. The van der Waals surface area contributed by atoms with Crippen molar-refractivity contribution < 1.29 is 18.0 Å². The van der Waals surface area contributed by atoms with Crippen LogP contribution in [0.3, 0.4) is 0 Å². The Labute approximate surface area is 137 Å². The first kappa shape index (κ1) is 16.7. The fourth-order valence-corrected chi connectivity index (χ4v) is 3.80. The van der Waals surface area contributed by atoms with Crippen molar-refractivity contribution in [1.29, 1.82) is 0 Å². The van der Waals surface area contributed by atoms with Crippen LogP contribution in [0.1, 0.15) is 6.42 Å². The fourth-order valence-electron chi connectivity index (χ4n) is 2.01. The number of carbonyl (C=O) groups is 2. The molecule has 1 aromatic carbocycles. The Kier molecular flexibility index (Phi) is 5.36. The SMILES string of the molecule is O=C(C[C@@H]1C=CS(=O)(=O)C1)NCC(=O)Nc1ccccc1Br. The summed E-state index contributed by atoms with van der Waals surface area (Å²) in [5.74, 6) is -1.08. The van der Waals surface area contributed by atoms with E-state index in [1.807, 2.05) is 6.07 Å². The Hall–Kier alpha value is -1.67. The van der Waals surface area contributed by atoms with Gasteiger partial charge < -0.3 is 10.6 Å². The number of para-hydroxylation sites is 1. The first-order chi connectivity index (χ1) is 10.4. The third-order valence-electron chi connectivity index (χ3n) is 3.05. The molecule has 6 nitrogen and oxygen atoms in total. The van der Waals surface area contributed by atoms with Crippen molar-refractivity contribution in [2.45, 2.75) is 6.42 Å². The van der Waals surface area contributed by atoms with E-state index in [1.54, 1.807) is 18.2 Å². The minimum absolute atomic E-state index is 0.0520. The number of hydrogen-bond acceptors (Lipinski definition) is 4. The van der Waals surface area contributed by atoms with Gasteiger partial charge in [0, 0.05) is 22.2 Å². The van der Waals surface area contributed by atoms with Gasteiger partial charge in [-0.1, -0.05) is 18.2 Å². The smallest absolute Gasteiger partial charge is 0.243 e. The summed E-state index contributed by atoms with van der Waals surface area (Å²) in [7, 11) is -3.16. The van der Waals surface area contributed by atoms with Crippen LogP contribution < -0.4 is 10.6 Å². The van der Waals surface area contributed by atoms with Crippen molar-refractivity contribution in [3.05, 3.63) is 40.2 Å². The molecule has 0 saturated heterocycles. The highest BCUT2D eigenvalue weighted by molar-refractivity contribution is 9.10. The number of anilines is 1. The third-order valence-corrected chi connectivity index (χ3v) is 5.20. The summed E-state index contributed by atoms with van der Waals surface area (Å²) in [5, 5.41) is 6.27. The minimum atomic E-state index is -3.16. The quantitative estimate of drug-likeness (QED) is 0.800. The lowest BCUT2D eigenvalue weighted by atomic mass is 10.1. The van der Waals surface area contributed by atoms with Gasteiger partial charge in [0.1, 0.15) is 0 Å². The number of halogens is 1. The number of hydrogen-bond donors (Lipinski definition) is 2. The Bertz CT molecular complexity index is 715. The predicted molar refractivity (Wildman–Crippen MR) is 86.8 cm³/mol. The van der Waals surface area contributed by atoms with Crippen molar-refractivity contribution >= 4 is 43.3 Å². The molecule has 1 heterocycles. The molecule has 1 aliphatic heterocycles. The standard InChI is InChI=1S/C14H15BrN2O4S/c15-11-3-1-2-4-12(11)17-14(19)8-16-13(18)7-10-5-6-22(20,21)9-10/h1-6,10H,7-9H2,(H,16,18)(H,17,19)/t10-/m0/s1. The van der Waals surface area contributed by atoms with Crippen LogP contribution in [-0.2, 0) is 19.4 Å². The second-order valence-corrected chi connectivity index (χ2v) is 7.71. The molecule has 118 valence electrons. The number of nitrogens with one attached hydrogen (secondary N) is 2. The molecule has 2 amide bonds. The van der Waals surface area contributed by atoms with Crippen LogP contribution in [-0.4, -0.2) is 32.5 Å². The zero-order chi connectivity index (χ0) is 16.2. The number of sulfone groups is 1. The van der Waals surface area contributed by atoms with Crippen LogP contribution in [0, 0.1) is 5.92 Å². The molecule has 0 unspecified atom stereocenters. The lowest BCUT2D eigenvalue weighted by Gasteiger charge is -2.09. The van der Waals surface area contributed by atoms with Gasteiger partial charge in [-0.25, -0.2) is 8.42 Å². The van der Waals surface area contributed by atoms with Gasteiger partial charge in [0.15, 0.2) is 9.84 Å². The molecule has 0 fully saturated rings. The highest BCUT2D eigenvalue weighted by atomic mass is 79.9. The Morgan fingerprint density at radius 3 is 2.59 bits per heavy atom. The van der Waals surface area contributed by atoms with Crippen molar-refractivity contribution in [3.8, 4) is 0 Å².